The second kappa shape index (κ2) is 7.46. The Balaban J connectivity index is 1.45. The van der Waals surface area contributed by atoms with Gasteiger partial charge in [0, 0.05) is 31.9 Å². The average Bonchev–Trinajstić information content (AvgIpc) is 3.07. The summed E-state index contributed by atoms with van der Waals surface area (Å²) in [5.41, 5.74) is 2.47. The maximum atomic E-state index is 12.5. The fourth-order valence-electron chi connectivity index (χ4n) is 3.61. The van der Waals surface area contributed by atoms with E-state index in [-0.39, 0.29) is 23.9 Å². The Morgan fingerprint density at radius 3 is 3.11 bits per heavy atom. The summed E-state index contributed by atoms with van der Waals surface area (Å²) in [4.78, 5) is 31.8. The number of nitrogens with one attached hydrogen (secondary N) is 2. The number of fused-ring (bicyclic) bond motifs is 2. The molecule has 0 saturated carbocycles. The predicted octanol–water partition coefficient (Wildman–Crippen LogP) is 1.79. The number of aromatic nitrogens is 4. The van der Waals surface area contributed by atoms with Crippen molar-refractivity contribution < 1.29 is 9.53 Å². The lowest BCUT2D eigenvalue weighted by Crippen LogP contribution is -2.32. The van der Waals surface area contributed by atoms with Crippen LogP contribution in [0.1, 0.15) is 42.8 Å². The van der Waals surface area contributed by atoms with Crippen molar-refractivity contribution in [1.82, 2.24) is 25.1 Å². The van der Waals surface area contributed by atoms with E-state index >= 15 is 0 Å². The van der Waals surface area contributed by atoms with E-state index in [4.69, 9.17) is 4.74 Å². The van der Waals surface area contributed by atoms with Crippen LogP contribution in [0.2, 0.25) is 0 Å². The number of para-hydroxylation sites is 1. The molecule has 1 aliphatic heterocycles. The van der Waals surface area contributed by atoms with E-state index in [1.165, 1.54) is 6.20 Å². The lowest BCUT2D eigenvalue weighted by molar-refractivity contribution is -0.122. The maximum Gasteiger partial charge on any atom is 0.262 e. The normalized spacial score (nSPS) is 15.9. The maximum absolute atomic E-state index is 12.5. The van der Waals surface area contributed by atoms with Gasteiger partial charge >= 0.3 is 0 Å². The lowest BCUT2D eigenvalue weighted by Gasteiger charge is -2.28. The highest BCUT2D eigenvalue weighted by atomic mass is 16.5. The van der Waals surface area contributed by atoms with Gasteiger partial charge in [-0.15, -0.1) is 0 Å². The summed E-state index contributed by atoms with van der Waals surface area (Å²) < 4.78 is 7.39. The standard InChI is InChI=1S/C20H23N5O3/c1-3-12-5-4-6-13-15(9-10-28-18(12)13)22-17(26)8-7-16-23-19-14(20(27)24-16)11-21-25(19)2/h4-6,11,15H,3,7-10H2,1-2H3,(H,22,26)(H,23,24,27). The number of hydrogen-bond donors (Lipinski definition) is 2. The highest BCUT2D eigenvalue weighted by molar-refractivity contribution is 5.77. The van der Waals surface area contributed by atoms with Crippen LogP contribution in [0.4, 0.5) is 0 Å². The second-order valence-electron chi connectivity index (χ2n) is 6.96. The van der Waals surface area contributed by atoms with Gasteiger partial charge in [0.2, 0.25) is 5.91 Å². The molecule has 8 heteroatoms. The number of rotatable bonds is 5. The Hall–Kier alpha value is -3.16. The summed E-state index contributed by atoms with van der Waals surface area (Å²) >= 11 is 0. The van der Waals surface area contributed by atoms with Crippen LogP contribution >= 0.6 is 0 Å². The molecule has 0 bridgehead atoms. The first-order valence-corrected chi connectivity index (χ1v) is 9.51. The predicted molar refractivity (Wildman–Crippen MR) is 104 cm³/mol. The van der Waals surface area contributed by atoms with E-state index in [1.807, 2.05) is 12.1 Å². The van der Waals surface area contributed by atoms with Gasteiger partial charge in [-0.1, -0.05) is 25.1 Å². The molecular weight excluding hydrogens is 358 g/mol. The van der Waals surface area contributed by atoms with Crippen LogP contribution in [0.5, 0.6) is 5.75 Å². The van der Waals surface area contributed by atoms with Crippen LogP contribution in [0.3, 0.4) is 0 Å². The highest BCUT2D eigenvalue weighted by Gasteiger charge is 2.24. The molecule has 0 fully saturated rings. The van der Waals surface area contributed by atoms with Crippen LogP contribution in [0.15, 0.2) is 29.2 Å². The third-order valence-electron chi connectivity index (χ3n) is 5.11. The molecule has 3 heterocycles. The first-order valence-electron chi connectivity index (χ1n) is 9.51. The number of amides is 1. The average molecular weight is 381 g/mol. The van der Waals surface area contributed by atoms with Crippen molar-refractivity contribution in [3.05, 3.63) is 51.7 Å². The summed E-state index contributed by atoms with van der Waals surface area (Å²) in [5.74, 6) is 1.30. The SMILES string of the molecule is CCc1cccc2c1OCCC2NC(=O)CCc1nc2c(cnn2C)c(=O)[nH]1. The van der Waals surface area contributed by atoms with Crippen molar-refractivity contribution in [3.8, 4) is 5.75 Å². The van der Waals surface area contributed by atoms with Crippen molar-refractivity contribution in [2.45, 2.75) is 38.6 Å². The van der Waals surface area contributed by atoms with Crippen molar-refractivity contribution in [1.29, 1.82) is 0 Å². The molecule has 2 N–H and O–H groups in total. The summed E-state index contributed by atoms with van der Waals surface area (Å²) in [7, 11) is 1.73. The number of aromatic amines is 1. The molecular formula is C20H23N5O3. The molecule has 8 nitrogen and oxygen atoms in total. The van der Waals surface area contributed by atoms with Gasteiger partial charge in [-0.25, -0.2) is 4.98 Å². The number of ether oxygens (including phenoxy) is 1. The topological polar surface area (TPSA) is 102 Å². The lowest BCUT2D eigenvalue weighted by atomic mass is 9.96. The quantitative estimate of drug-likeness (QED) is 0.702. The summed E-state index contributed by atoms with van der Waals surface area (Å²) in [6.45, 7) is 2.68. The Morgan fingerprint density at radius 1 is 1.43 bits per heavy atom. The molecule has 0 radical (unpaired) electrons. The highest BCUT2D eigenvalue weighted by Crippen LogP contribution is 2.35. The van der Waals surface area contributed by atoms with Crippen molar-refractivity contribution in [2.24, 2.45) is 7.05 Å². The largest absolute Gasteiger partial charge is 0.493 e. The van der Waals surface area contributed by atoms with Gasteiger partial charge < -0.3 is 15.0 Å². The van der Waals surface area contributed by atoms with Gasteiger partial charge in [0.25, 0.3) is 5.56 Å². The van der Waals surface area contributed by atoms with E-state index in [2.05, 4.69) is 33.4 Å². The number of hydrogen-bond acceptors (Lipinski definition) is 5. The number of benzene rings is 1. The van der Waals surface area contributed by atoms with Crippen LogP contribution in [0.25, 0.3) is 11.0 Å². The van der Waals surface area contributed by atoms with E-state index < -0.39 is 0 Å². The molecule has 1 aliphatic rings. The molecule has 0 saturated heterocycles. The van der Waals surface area contributed by atoms with Gasteiger partial charge in [-0.2, -0.15) is 5.10 Å². The first-order chi connectivity index (χ1) is 13.6. The van der Waals surface area contributed by atoms with Gasteiger partial charge in [-0.3, -0.25) is 14.3 Å². The van der Waals surface area contributed by atoms with Crippen LogP contribution < -0.4 is 15.6 Å². The summed E-state index contributed by atoms with van der Waals surface area (Å²) in [6, 6.07) is 6.01. The zero-order valence-electron chi connectivity index (χ0n) is 16.0. The third-order valence-corrected chi connectivity index (χ3v) is 5.11. The van der Waals surface area contributed by atoms with Crippen LogP contribution in [-0.2, 0) is 24.7 Å². The molecule has 2 aromatic heterocycles. The number of carbonyl (C=O) groups excluding carboxylic acids is 1. The second-order valence-corrected chi connectivity index (χ2v) is 6.96. The molecule has 0 aliphatic carbocycles. The van der Waals surface area contributed by atoms with Crippen LogP contribution in [-0.4, -0.2) is 32.3 Å². The summed E-state index contributed by atoms with van der Waals surface area (Å²) in [5, 5.41) is 7.59. The minimum absolute atomic E-state index is 0.0608. The number of carbonyl (C=O) groups is 1. The zero-order chi connectivity index (χ0) is 19.7. The van der Waals surface area contributed by atoms with Crippen molar-refractivity contribution in [2.75, 3.05) is 6.61 Å². The zero-order valence-corrected chi connectivity index (χ0v) is 16.0. The molecule has 1 unspecified atom stereocenters. The van der Waals surface area contributed by atoms with Gasteiger partial charge in [0.1, 0.15) is 17.0 Å². The smallest absolute Gasteiger partial charge is 0.262 e. The molecule has 3 aromatic rings. The van der Waals surface area contributed by atoms with E-state index in [0.717, 1.165) is 29.7 Å². The molecule has 1 amide bonds. The van der Waals surface area contributed by atoms with Gasteiger partial charge in [0.15, 0.2) is 5.65 Å². The number of H-pyrrole nitrogens is 1. The Labute approximate surface area is 161 Å². The Bertz CT molecular complexity index is 1090. The fraction of sp³-hybridized carbons (Fsp3) is 0.400. The van der Waals surface area contributed by atoms with Gasteiger partial charge in [0.05, 0.1) is 18.8 Å². The Kier molecular flexibility index (Phi) is 4.85. The molecule has 1 aromatic carbocycles. The van der Waals surface area contributed by atoms with Crippen molar-refractivity contribution in [3.63, 3.8) is 0 Å². The van der Waals surface area contributed by atoms with E-state index in [1.54, 1.807) is 11.7 Å². The molecule has 28 heavy (non-hydrogen) atoms. The number of aryl methyl sites for hydroxylation is 3. The molecule has 1 atom stereocenters. The third kappa shape index (κ3) is 3.37. The minimum atomic E-state index is -0.237. The van der Waals surface area contributed by atoms with E-state index in [0.29, 0.717) is 29.9 Å². The molecule has 4 rings (SSSR count). The van der Waals surface area contributed by atoms with Crippen LogP contribution in [0, 0.1) is 0 Å². The Morgan fingerprint density at radius 2 is 2.29 bits per heavy atom. The van der Waals surface area contributed by atoms with Gasteiger partial charge in [-0.05, 0) is 12.0 Å². The van der Waals surface area contributed by atoms with E-state index in [9.17, 15) is 9.59 Å². The first kappa shape index (κ1) is 18.2. The minimum Gasteiger partial charge on any atom is -0.493 e. The molecule has 146 valence electrons. The fourth-order valence-corrected chi connectivity index (χ4v) is 3.61. The number of nitrogens with zero attached hydrogens (tertiary/aromatic N) is 3. The monoisotopic (exact) mass is 381 g/mol. The van der Waals surface area contributed by atoms with Crippen molar-refractivity contribution >= 4 is 16.9 Å². The summed E-state index contributed by atoms with van der Waals surface area (Å²) in [6.07, 6.45) is 3.71. The molecule has 0 spiro atoms.